The quantitative estimate of drug-likeness (QED) is 0.899. The van der Waals surface area contributed by atoms with E-state index in [-0.39, 0.29) is 22.3 Å². The Labute approximate surface area is 139 Å². The van der Waals surface area contributed by atoms with E-state index in [0.717, 1.165) is 25.9 Å². The molecule has 1 aromatic heterocycles. The van der Waals surface area contributed by atoms with Gasteiger partial charge < -0.3 is 15.2 Å². The second-order valence-electron chi connectivity index (χ2n) is 6.12. The third-order valence-corrected chi connectivity index (χ3v) is 5.98. The topological polar surface area (TPSA) is 61.0 Å². The van der Waals surface area contributed by atoms with Gasteiger partial charge in [0.2, 0.25) is 0 Å². The van der Waals surface area contributed by atoms with Crippen LogP contribution in [-0.2, 0) is 0 Å². The van der Waals surface area contributed by atoms with Crippen molar-refractivity contribution in [2.75, 3.05) is 32.9 Å². The van der Waals surface area contributed by atoms with Crippen LogP contribution in [0.2, 0.25) is 0 Å². The molecule has 2 heterocycles. The van der Waals surface area contributed by atoms with Crippen LogP contribution in [0, 0.1) is 5.82 Å². The molecule has 2 N–H and O–H groups in total. The zero-order chi connectivity index (χ0) is 16.4. The van der Waals surface area contributed by atoms with E-state index in [1.165, 1.54) is 12.1 Å². The number of nitrogens with zero attached hydrogens (tertiary/aromatic N) is 2. The van der Waals surface area contributed by atoms with E-state index in [1.807, 2.05) is 11.8 Å². The smallest absolute Gasteiger partial charge is 0.287 e. The summed E-state index contributed by atoms with van der Waals surface area (Å²) in [7, 11) is 2.12. The lowest BCUT2D eigenvalue weighted by Gasteiger charge is -2.39. The highest BCUT2D eigenvalue weighted by Crippen LogP contribution is 2.33. The molecule has 5 nitrogen and oxygen atoms in total. The van der Waals surface area contributed by atoms with Crippen LogP contribution < -0.4 is 5.32 Å². The van der Waals surface area contributed by atoms with E-state index in [4.69, 9.17) is 0 Å². The number of H-pyrrole nitrogens is 1. The highest BCUT2D eigenvalue weighted by Gasteiger charge is 2.33. The van der Waals surface area contributed by atoms with Crippen molar-refractivity contribution in [3.63, 3.8) is 0 Å². The summed E-state index contributed by atoms with van der Waals surface area (Å²) in [5, 5.41) is 2.99. The number of fused-ring (bicyclic) bond motifs is 1. The summed E-state index contributed by atoms with van der Waals surface area (Å²) in [6.45, 7) is 2.70. The van der Waals surface area contributed by atoms with Gasteiger partial charge in [0, 0.05) is 11.3 Å². The zero-order valence-corrected chi connectivity index (χ0v) is 14.2. The molecule has 1 saturated heterocycles. The summed E-state index contributed by atoms with van der Waals surface area (Å²) >= 11 is 1.82. The molecule has 0 atom stereocenters. The zero-order valence-electron chi connectivity index (χ0n) is 13.4. The first-order valence-electron chi connectivity index (χ1n) is 7.68. The number of carbonyl (C=O) groups excluding carboxylic acids is 1. The number of benzene rings is 1. The normalized spacial score (nSPS) is 18.2. The number of rotatable bonds is 4. The number of thioether (sulfide) groups is 1. The Morgan fingerprint density at radius 1 is 1.48 bits per heavy atom. The molecule has 1 amide bonds. The van der Waals surface area contributed by atoms with Crippen molar-refractivity contribution in [2.45, 2.75) is 17.6 Å². The maximum atomic E-state index is 13.2. The minimum atomic E-state index is -0.347. The Hall–Kier alpha value is -1.60. The van der Waals surface area contributed by atoms with Crippen molar-refractivity contribution < 1.29 is 9.18 Å². The van der Waals surface area contributed by atoms with Crippen molar-refractivity contribution in [1.29, 1.82) is 0 Å². The summed E-state index contributed by atoms with van der Waals surface area (Å²) < 4.78 is 13.3. The number of carbonyl (C=O) groups is 1. The van der Waals surface area contributed by atoms with E-state index >= 15 is 0 Å². The van der Waals surface area contributed by atoms with Gasteiger partial charge in [-0.15, -0.1) is 0 Å². The molecule has 1 aliphatic rings. The summed E-state index contributed by atoms with van der Waals surface area (Å²) in [5.74, 6) is -0.357. The molecule has 1 fully saturated rings. The van der Waals surface area contributed by atoms with Crippen molar-refractivity contribution in [2.24, 2.45) is 0 Å². The number of hydrogen-bond acceptors (Lipinski definition) is 4. The van der Waals surface area contributed by atoms with Gasteiger partial charge in [0.25, 0.3) is 5.91 Å². The van der Waals surface area contributed by atoms with Gasteiger partial charge in [0.15, 0.2) is 5.82 Å². The second kappa shape index (κ2) is 6.49. The van der Waals surface area contributed by atoms with Crippen LogP contribution in [0.3, 0.4) is 0 Å². The fourth-order valence-corrected chi connectivity index (χ4v) is 3.70. The van der Waals surface area contributed by atoms with Gasteiger partial charge in [0.1, 0.15) is 5.82 Å². The summed E-state index contributed by atoms with van der Waals surface area (Å²) in [6.07, 6.45) is 4.20. The fourth-order valence-electron chi connectivity index (χ4n) is 2.89. The average molecular weight is 336 g/mol. The maximum Gasteiger partial charge on any atom is 0.287 e. The van der Waals surface area contributed by atoms with E-state index in [1.54, 1.807) is 6.07 Å². The lowest BCUT2D eigenvalue weighted by molar-refractivity contribution is 0.0935. The number of halogens is 1. The van der Waals surface area contributed by atoms with Crippen molar-refractivity contribution in [3.8, 4) is 0 Å². The van der Waals surface area contributed by atoms with Crippen LogP contribution >= 0.6 is 11.8 Å². The highest BCUT2D eigenvalue weighted by molar-refractivity contribution is 8.00. The molecule has 0 radical (unpaired) electrons. The predicted octanol–water partition coefficient (Wildman–Crippen LogP) is 2.26. The van der Waals surface area contributed by atoms with E-state index < -0.39 is 0 Å². The number of likely N-dealkylation sites (tertiary alicyclic amines) is 1. The molecule has 0 aliphatic carbocycles. The molecule has 0 bridgehead atoms. The Morgan fingerprint density at radius 3 is 2.91 bits per heavy atom. The maximum absolute atomic E-state index is 13.2. The van der Waals surface area contributed by atoms with Gasteiger partial charge in [-0.3, -0.25) is 4.79 Å². The van der Waals surface area contributed by atoms with Crippen LogP contribution in [0.4, 0.5) is 4.39 Å². The molecule has 1 aromatic carbocycles. The number of aromatic amines is 1. The molecule has 0 spiro atoms. The van der Waals surface area contributed by atoms with E-state index in [9.17, 15) is 9.18 Å². The van der Waals surface area contributed by atoms with Gasteiger partial charge >= 0.3 is 0 Å². The number of amides is 1. The lowest BCUT2D eigenvalue weighted by Crippen LogP contribution is -2.48. The lowest BCUT2D eigenvalue weighted by atomic mass is 9.96. The number of nitrogens with one attached hydrogen (secondary N) is 2. The predicted molar refractivity (Wildman–Crippen MR) is 91.4 cm³/mol. The van der Waals surface area contributed by atoms with Crippen LogP contribution in [0.1, 0.15) is 23.5 Å². The summed E-state index contributed by atoms with van der Waals surface area (Å²) in [5.41, 5.74) is 1.13. The van der Waals surface area contributed by atoms with Gasteiger partial charge in [-0.2, -0.15) is 11.8 Å². The minimum absolute atomic E-state index is 0.0836. The Bertz CT molecular complexity index is 709. The first-order chi connectivity index (χ1) is 11.0. The minimum Gasteiger partial charge on any atom is -0.348 e. The van der Waals surface area contributed by atoms with Crippen molar-refractivity contribution in [1.82, 2.24) is 20.2 Å². The SMILES string of the molecule is CSC1(CNC(=O)c2nc3ccc(F)cc3[nH]2)CCN(C)CC1. The Morgan fingerprint density at radius 2 is 2.22 bits per heavy atom. The first kappa shape index (κ1) is 16.3. The number of piperidine rings is 1. The molecule has 2 aromatic rings. The van der Waals surface area contributed by atoms with Gasteiger partial charge in [-0.1, -0.05) is 0 Å². The second-order valence-corrected chi connectivity index (χ2v) is 7.39. The van der Waals surface area contributed by atoms with Crippen LogP contribution in [-0.4, -0.2) is 58.5 Å². The van der Waals surface area contributed by atoms with Gasteiger partial charge in [-0.05, 0) is 57.4 Å². The molecule has 7 heteroatoms. The standard InChI is InChI=1S/C16H21FN4OS/c1-21-7-5-16(23-2,6-8-21)10-18-15(22)14-19-12-4-3-11(17)9-13(12)20-14/h3-4,9H,5-8,10H2,1-2H3,(H,18,22)(H,19,20). The van der Waals surface area contributed by atoms with Crippen LogP contribution in [0.5, 0.6) is 0 Å². The van der Waals surface area contributed by atoms with Crippen LogP contribution in [0.25, 0.3) is 11.0 Å². The highest BCUT2D eigenvalue weighted by atomic mass is 32.2. The molecular weight excluding hydrogens is 315 g/mol. The third-order valence-electron chi connectivity index (χ3n) is 4.56. The molecule has 1 aliphatic heterocycles. The van der Waals surface area contributed by atoms with Crippen molar-refractivity contribution in [3.05, 3.63) is 29.8 Å². The number of aromatic nitrogens is 2. The fraction of sp³-hybridized carbons (Fsp3) is 0.500. The Balaban J connectivity index is 1.68. The molecule has 23 heavy (non-hydrogen) atoms. The van der Waals surface area contributed by atoms with Gasteiger partial charge in [-0.25, -0.2) is 9.37 Å². The van der Waals surface area contributed by atoms with Crippen molar-refractivity contribution >= 4 is 28.7 Å². The molecular formula is C16H21FN4OS. The average Bonchev–Trinajstić information content (AvgIpc) is 2.97. The molecule has 3 rings (SSSR count). The monoisotopic (exact) mass is 336 g/mol. The van der Waals surface area contributed by atoms with E-state index in [2.05, 4.69) is 33.5 Å². The molecule has 0 unspecified atom stereocenters. The summed E-state index contributed by atoms with van der Waals surface area (Å²) in [4.78, 5) is 21.8. The van der Waals surface area contributed by atoms with E-state index in [0.29, 0.717) is 17.6 Å². The number of hydrogen-bond donors (Lipinski definition) is 2. The third kappa shape index (κ3) is 3.50. The summed E-state index contributed by atoms with van der Waals surface area (Å²) in [6, 6.07) is 4.25. The van der Waals surface area contributed by atoms with Gasteiger partial charge in [0.05, 0.1) is 11.0 Å². The molecule has 124 valence electrons. The molecule has 0 saturated carbocycles. The number of imidazole rings is 1. The first-order valence-corrected chi connectivity index (χ1v) is 8.91. The Kier molecular flexibility index (Phi) is 4.59. The largest absolute Gasteiger partial charge is 0.348 e. The van der Waals surface area contributed by atoms with Crippen LogP contribution in [0.15, 0.2) is 18.2 Å².